The quantitative estimate of drug-likeness (QED) is 0.766. The molecule has 2 amide bonds. The molecule has 0 radical (unpaired) electrons. The largest absolute Gasteiger partial charge is 0.341 e. The zero-order valence-electron chi connectivity index (χ0n) is 11.4. The third-order valence-electron chi connectivity index (χ3n) is 4.08. The van der Waals surface area contributed by atoms with Gasteiger partial charge in [-0.1, -0.05) is 13.3 Å². The normalized spacial score (nSPS) is 21.4. The van der Waals surface area contributed by atoms with Crippen LogP contribution in [0.3, 0.4) is 0 Å². The summed E-state index contributed by atoms with van der Waals surface area (Å²) >= 11 is 0. The molecule has 18 heavy (non-hydrogen) atoms. The third-order valence-corrected chi connectivity index (χ3v) is 4.08. The van der Waals surface area contributed by atoms with Crippen LogP contribution >= 0.6 is 0 Å². The molecule has 0 spiro atoms. The molecule has 2 aliphatic rings. The zero-order chi connectivity index (χ0) is 13.0. The van der Waals surface area contributed by atoms with Crippen LogP contribution in [0, 0.1) is 5.92 Å². The van der Waals surface area contributed by atoms with Crippen molar-refractivity contribution in [1.29, 1.82) is 0 Å². The Morgan fingerprint density at radius 2 is 1.67 bits per heavy atom. The van der Waals surface area contributed by atoms with Gasteiger partial charge in [0.15, 0.2) is 0 Å². The Balaban J connectivity index is 1.83. The minimum atomic E-state index is 0.246. The topological polar surface area (TPSA) is 40.6 Å². The molecule has 0 aromatic rings. The molecule has 0 aromatic carbocycles. The van der Waals surface area contributed by atoms with E-state index in [4.69, 9.17) is 0 Å². The highest BCUT2D eigenvalue weighted by atomic mass is 16.2. The lowest BCUT2D eigenvalue weighted by atomic mass is 9.84. The van der Waals surface area contributed by atoms with Crippen molar-refractivity contribution in [2.24, 2.45) is 5.92 Å². The molecular formula is C14H24N2O2. The Morgan fingerprint density at radius 3 is 2.28 bits per heavy atom. The van der Waals surface area contributed by atoms with Gasteiger partial charge in [-0.25, -0.2) is 0 Å². The standard InChI is InChI=1S/C14H24N2O2/c1-2-5-13(17)15-8-4-9-16(11-10-15)14(18)12-6-3-7-12/h12H,2-11H2,1H3. The van der Waals surface area contributed by atoms with Gasteiger partial charge in [0.2, 0.25) is 11.8 Å². The summed E-state index contributed by atoms with van der Waals surface area (Å²) in [6, 6.07) is 0. The lowest BCUT2D eigenvalue weighted by Crippen LogP contribution is -2.41. The number of amides is 2. The van der Waals surface area contributed by atoms with Crippen molar-refractivity contribution < 1.29 is 9.59 Å². The van der Waals surface area contributed by atoms with Crippen LogP contribution in [0.25, 0.3) is 0 Å². The summed E-state index contributed by atoms with van der Waals surface area (Å²) < 4.78 is 0. The van der Waals surface area contributed by atoms with Gasteiger partial charge in [0.05, 0.1) is 0 Å². The van der Waals surface area contributed by atoms with E-state index in [0.29, 0.717) is 12.3 Å². The summed E-state index contributed by atoms with van der Waals surface area (Å²) in [7, 11) is 0. The lowest BCUT2D eigenvalue weighted by molar-refractivity contribution is -0.138. The molecule has 2 fully saturated rings. The second-order valence-corrected chi connectivity index (χ2v) is 5.44. The summed E-state index contributed by atoms with van der Waals surface area (Å²) in [5, 5.41) is 0. The predicted molar refractivity (Wildman–Crippen MR) is 70.0 cm³/mol. The minimum Gasteiger partial charge on any atom is -0.341 e. The highest BCUT2D eigenvalue weighted by molar-refractivity contribution is 5.80. The Hall–Kier alpha value is -1.06. The second kappa shape index (κ2) is 6.21. The van der Waals surface area contributed by atoms with E-state index in [9.17, 15) is 9.59 Å². The highest BCUT2D eigenvalue weighted by Gasteiger charge is 2.30. The monoisotopic (exact) mass is 252 g/mol. The van der Waals surface area contributed by atoms with Crippen molar-refractivity contribution in [2.45, 2.75) is 45.4 Å². The first kappa shape index (κ1) is 13.4. The predicted octanol–water partition coefficient (Wildman–Crippen LogP) is 1.65. The molecule has 0 aromatic heterocycles. The van der Waals surface area contributed by atoms with Gasteiger partial charge in [0.25, 0.3) is 0 Å². The van der Waals surface area contributed by atoms with E-state index in [-0.39, 0.29) is 11.8 Å². The molecule has 0 bridgehead atoms. The lowest BCUT2D eigenvalue weighted by Gasteiger charge is -2.31. The van der Waals surface area contributed by atoms with E-state index in [1.54, 1.807) is 0 Å². The number of hydrogen-bond donors (Lipinski definition) is 0. The molecule has 4 nitrogen and oxygen atoms in total. The molecule has 0 unspecified atom stereocenters. The van der Waals surface area contributed by atoms with Crippen molar-refractivity contribution in [2.75, 3.05) is 26.2 Å². The highest BCUT2D eigenvalue weighted by Crippen LogP contribution is 2.28. The molecule has 0 N–H and O–H groups in total. The summed E-state index contributed by atoms with van der Waals surface area (Å²) in [5.74, 6) is 0.851. The fraction of sp³-hybridized carbons (Fsp3) is 0.857. The first-order valence-electron chi connectivity index (χ1n) is 7.29. The van der Waals surface area contributed by atoms with Gasteiger partial charge in [-0.3, -0.25) is 9.59 Å². The van der Waals surface area contributed by atoms with E-state index in [0.717, 1.165) is 51.9 Å². The first-order valence-corrected chi connectivity index (χ1v) is 7.29. The molecule has 102 valence electrons. The van der Waals surface area contributed by atoms with E-state index >= 15 is 0 Å². The van der Waals surface area contributed by atoms with Gasteiger partial charge in [0, 0.05) is 38.5 Å². The van der Waals surface area contributed by atoms with Crippen molar-refractivity contribution >= 4 is 11.8 Å². The van der Waals surface area contributed by atoms with Gasteiger partial charge in [-0.15, -0.1) is 0 Å². The molecule has 1 heterocycles. The first-order chi connectivity index (χ1) is 8.72. The third kappa shape index (κ3) is 3.03. The van der Waals surface area contributed by atoms with E-state index in [1.807, 2.05) is 16.7 Å². The fourth-order valence-electron chi connectivity index (χ4n) is 2.67. The average Bonchev–Trinajstić information content (AvgIpc) is 2.52. The Bertz CT molecular complexity index is 313. The van der Waals surface area contributed by atoms with Crippen LogP contribution in [-0.4, -0.2) is 47.8 Å². The Kier molecular flexibility index (Phi) is 4.61. The van der Waals surface area contributed by atoms with Gasteiger partial charge in [-0.2, -0.15) is 0 Å². The van der Waals surface area contributed by atoms with E-state index < -0.39 is 0 Å². The Labute approximate surface area is 109 Å². The van der Waals surface area contributed by atoms with Gasteiger partial charge >= 0.3 is 0 Å². The van der Waals surface area contributed by atoms with Crippen molar-refractivity contribution in [3.8, 4) is 0 Å². The van der Waals surface area contributed by atoms with Crippen molar-refractivity contribution in [1.82, 2.24) is 9.80 Å². The van der Waals surface area contributed by atoms with Crippen LogP contribution in [0.4, 0.5) is 0 Å². The average molecular weight is 252 g/mol. The summed E-state index contributed by atoms with van der Waals surface area (Å²) in [5.41, 5.74) is 0. The molecule has 1 aliphatic carbocycles. The number of carbonyl (C=O) groups is 2. The maximum atomic E-state index is 12.2. The molecule has 2 rings (SSSR count). The van der Waals surface area contributed by atoms with Gasteiger partial charge < -0.3 is 9.80 Å². The molecule has 4 heteroatoms. The SMILES string of the molecule is CCCC(=O)N1CCCN(C(=O)C2CCC2)CC1. The van der Waals surface area contributed by atoms with Crippen LogP contribution in [-0.2, 0) is 9.59 Å². The molecule has 1 saturated heterocycles. The molecule has 1 aliphatic heterocycles. The van der Waals surface area contributed by atoms with Crippen LogP contribution < -0.4 is 0 Å². The number of carbonyl (C=O) groups excluding carboxylic acids is 2. The molecule has 1 saturated carbocycles. The summed E-state index contributed by atoms with van der Waals surface area (Å²) in [4.78, 5) is 27.9. The molecular weight excluding hydrogens is 228 g/mol. The van der Waals surface area contributed by atoms with Crippen molar-refractivity contribution in [3.63, 3.8) is 0 Å². The summed E-state index contributed by atoms with van der Waals surface area (Å²) in [6.45, 7) is 5.11. The van der Waals surface area contributed by atoms with Gasteiger partial charge in [-0.05, 0) is 25.7 Å². The fourth-order valence-corrected chi connectivity index (χ4v) is 2.67. The maximum absolute atomic E-state index is 12.2. The van der Waals surface area contributed by atoms with E-state index in [2.05, 4.69) is 0 Å². The smallest absolute Gasteiger partial charge is 0.225 e. The Morgan fingerprint density at radius 1 is 1.00 bits per heavy atom. The van der Waals surface area contributed by atoms with Crippen molar-refractivity contribution in [3.05, 3.63) is 0 Å². The van der Waals surface area contributed by atoms with Crippen LogP contribution in [0.2, 0.25) is 0 Å². The number of rotatable bonds is 3. The van der Waals surface area contributed by atoms with Crippen LogP contribution in [0.15, 0.2) is 0 Å². The summed E-state index contributed by atoms with van der Waals surface area (Å²) in [6.07, 6.45) is 5.79. The maximum Gasteiger partial charge on any atom is 0.225 e. The van der Waals surface area contributed by atoms with E-state index in [1.165, 1.54) is 6.42 Å². The van der Waals surface area contributed by atoms with Crippen LogP contribution in [0.1, 0.15) is 45.4 Å². The zero-order valence-corrected chi connectivity index (χ0v) is 11.4. The second-order valence-electron chi connectivity index (χ2n) is 5.44. The number of nitrogens with zero attached hydrogens (tertiary/aromatic N) is 2. The van der Waals surface area contributed by atoms with Crippen LogP contribution in [0.5, 0.6) is 0 Å². The van der Waals surface area contributed by atoms with Gasteiger partial charge in [0.1, 0.15) is 0 Å². The molecule has 0 atom stereocenters. The number of hydrogen-bond acceptors (Lipinski definition) is 2. The minimum absolute atomic E-state index is 0.246.